The summed E-state index contributed by atoms with van der Waals surface area (Å²) >= 11 is 0. The molecule has 2 aromatic rings. The minimum atomic E-state index is -1.42. The molecule has 0 aliphatic heterocycles. The van der Waals surface area contributed by atoms with Gasteiger partial charge >= 0.3 is 0 Å². The normalized spacial score (nSPS) is 12.3. The van der Waals surface area contributed by atoms with Gasteiger partial charge < -0.3 is 5.73 Å². The Balaban J connectivity index is 2.24. The summed E-state index contributed by atoms with van der Waals surface area (Å²) in [6.07, 6.45) is 0. The second kappa shape index (κ2) is 5.27. The lowest BCUT2D eigenvalue weighted by atomic mass is 10.2. The molecule has 5 heteroatoms. The van der Waals surface area contributed by atoms with Crippen LogP contribution in [0.1, 0.15) is 5.56 Å². The number of nitrogen functional groups attached to an aromatic ring is 1. The first kappa shape index (κ1) is 12.7. The minimum Gasteiger partial charge on any atom is -0.398 e. The van der Waals surface area contributed by atoms with Crippen LogP contribution >= 0.6 is 0 Å². The van der Waals surface area contributed by atoms with Gasteiger partial charge in [-0.3, -0.25) is 4.21 Å². The van der Waals surface area contributed by atoms with Crippen molar-refractivity contribution in [2.24, 2.45) is 0 Å². The number of nitrogens with two attached hydrogens (primary N) is 1. The number of rotatable bonds is 3. The second-order valence-corrected chi connectivity index (χ2v) is 5.22. The molecule has 0 radical (unpaired) electrons. The van der Waals surface area contributed by atoms with Gasteiger partial charge in [-0.2, -0.15) is 0 Å². The maximum absolute atomic E-state index is 13.0. The Morgan fingerprint density at radius 2 is 1.67 bits per heavy atom. The molecule has 0 bridgehead atoms. The smallest absolute Gasteiger partial charge is 0.126 e. The molecular weight excluding hydrogens is 256 g/mol. The highest BCUT2D eigenvalue weighted by Crippen LogP contribution is 2.19. The molecule has 0 fully saturated rings. The van der Waals surface area contributed by atoms with Crippen molar-refractivity contribution in [3.8, 4) is 0 Å². The fraction of sp³-hybridized carbons (Fsp3) is 0.0769. The molecule has 18 heavy (non-hydrogen) atoms. The molecule has 2 rings (SSSR count). The van der Waals surface area contributed by atoms with E-state index in [0.29, 0.717) is 16.1 Å². The summed E-state index contributed by atoms with van der Waals surface area (Å²) in [7, 11) is -1.42. The van der Waals surface area contributed by atoms with Crippen molar-refractivity contribution in [2.75, 3.05) is 5.73 Å². The van der Waals surface area contributed by atoms with E-state index in [2.05, 4.69) is 0 Å². The minimum absolute atomic E-state index is 0.0306. The van der Waals surface area contributed by atoms with E-state index in [-0.39, 0.29) is 5.75 Å². The zero-order valence-corrected chi connectivity index (χ0v) is 10.2. The van der Waals surface area contributed by atoms with Gasteiger partial charge in [-0.25, -0.2) is 8.78 Å². The van der Waals surface area contributed by atoms with E-state index in [0.717, 1.165) is 6.07 Å². The van der Waals surface area contributed by atoms with Crippen molar-refractivity contribution in [1.29, 1.82) is 0 Å². The third-order valence-electron chi connectivity index (χ3n) is 2.38. The molecule has 94 valence electrons. The topological polar surface area (TPSA) is 43.1 Å². The fourth-order valence-electron chi connectivity index (χ4n) is 1.61. The average Bonchev–Trinajstić information content (AvgIpc) is 2.27. The van der Waals surface area contributed by atoms with Gasteiger partial charge in [0, 0.05) is 11.8 Å². The van der Waals surface area contributed by atoms with E-state index in [1.807, 2.05) is 0 Å². The summed E-state index contributed by atoms with van der Waals surface area (Å²) < 4.78 is 38.0. The summed E-state index contributed by atoms with van der Waals surface area (Å²) in [6, 6.07) is 9.84. The monoisotopic (exact) mass is 267 g/mol. The van der Waals surface area contributed by atoms with Gasteiger partial charge in [-0.15, -0.1) is 0 Å². The van der Waals surface area contributed by atoms with E-state index in [9.17, 15) is 13.0 Å². The van der Waals surface area contributed by atoms with Crippen LogP contribution in [0.3, 0.4) is 0 Å². The average molecular weight is 267 g/mol. The second-order valence-electron chi connectivity index (χ2n) is 3.81. The number of hydrogen-bond acceptors (Lipinski definition) is 2. The van der Waals surface area contributed by atoms with Gasteiger partial charge in [0.2, 0.25) is 0 Å². The molecular formula is C13H11F2NOS. The lowest BCUT2D eigenvalue weighted by Crippen LogP contribution is -2.01. The van der Waals surface area contributed by atoms with Crippen molar-refractivity contribution >= 4 is 16.5 Å². The summed E-state index contributed by atoms with van der Waals surface area (Å²) in [6.45, 7) is 0. The largest absolute Gasteiger partial charge is 0.398 e. The van der Waals surface area contributed by atoms with Gasteiger partial charge in [-0.05, 0) is 29.8 Å². The third kappa shape index (κ3) is 2.92. The lowest BCUT2D eigenvalue weighted by Gasteiger charge is -2.06. The Morgan fingerprint density at radius 3 is 2.28 bits per heavy atom. The number of hydrogen-bond donors (Lipinski definition) is 1. The van der Waals surface area contributed by atoms with E-state index in [4.69, 9.17) is 5.73 Å². The Bertz CT molecular complexity index is 581. The van der Waals surface area contributed by atoms with Crippen LogP contribution in [0.2, 0.25) is 0 Å². The molecule has 2 nitrogen and oxygen atoms in total. The van der Waals surface area contributed by atoms with Crippen LogP contribution in [0.4, 0.5) is 14.5 Å². The number of para-hydroxylation sites is 1. The van der Waals surface area contributed by atoms with Crippen LogP contribution in [0.5, 0.6) is 0 Å². The number of benzene rings is 2. The highest BCUT2D eigenvalue weighted by molar-refractivity contribution is 7.84. The van der Waals surface area contributed by atoms with E-state index < -0.39 is 22.4 Å². The van der Waals surface area contributed by atoms with E-state index in [1.54, 1.807) is 24.3 Å². The standard InChI is InChI=1S/C13H11F2NOS/c14-10-5-9(6-11(15)7-10)8-18(17)13-4-2-1-3-12(13)16/h1-7H,8,16H2. The highest BCUT2D eigenvalue weighted by atomic mass is 32.2. The first-order valence-electron chi connectivity index (χ1n) is 5.24. The van der Waals surface area contributed by atoms with Crippen LogP contribution in [-0.2, 0) is 16.6 Å². The van der Waals surface area contributed by atoms with Gasteiger partial charge in [-0.1, -0.05) is 12.1 Å². The molecule has 0 saturated heterocycles. The Kier molecular flexibility index (Phi) is 3.72. The molecule has 0 saturated carbocycles. The Hall–Kier alpha value is -1.75. The summed E-state index contributed by atoms with van der Waals surface area (Å²) in [5.74, 6) is -1.32. The van der Waals surface area contributed by atoms with Gasteiger partial charge in [0.15, 0.2) is 0 Å². The first-order chi connectivity index (χ1) is 8.56. The molecule has 2 N–H and O–H groups in total. The zero-order chi connectivity index (χ0) is 13.1. The molecule has 2 aromatic carbocycles. The zero-order valence-electron chi connectivity index (χ0n) is 9.40. The molecule has 0 aliphatic rings. The van der Waals surface area contributed by atoms with Crippen molar-refractivity contribution in [2.45, 2.75) is 10.6 Å². The molecule has 0 heterocycles. The number of halogens is 2. The predicted molar refractivity (Wildman–Crippen MR) is 67.3 cm³/mol. The van der Waals surface area contributed by atoms with E-state index in [1.165, 1.54) is 12.1 Å². The van der Waals surface area contributed by atoms with Crippen LogP contribution in [0.15, 0.2) is 47.4 Å². The van der Waals surface area contributed by atoms with Crippen LogP contribution < -0.4 is 5.73 Å². The maximum atomic E-state index is 13.0. The summed E-state index contributed by atoms with van der Waals surface area (Å²) in [5, 5.41) is 0. The van der Waals surface area contributed by atoms with Crippen LogP contribution in [0.25, 0.3) is 0 Å². The van der Waals surface area contributed by atoms with Gasteiger partial charge in [0.1, 0.15) is 11.6 Å². The van der Waals surface area contributed by atoms with Crippen molar-refractivity contribution in [3.05, 3.63) is 59.7 Å². The molecule has 0 amide bonds. The molecule has 1 unspecified atom stereocenters. The fourth-order valence-corrected chi connectivity index (χ4v) is 2.80. The molecule has 1 atom stereocenters. The SMILES string of the molecule is Nc1ccccc1S(=O)Cc1cc(F)cc(F)c1. The van der Waals surface area contributed by atoms with Crippen molar-refractivity contribution < 1.29 is 13.0 Å². The van der Waals surface area contributed by atoms with Crippen molar-refractivity contribution in [1.82, 2.24) is 0 Å². The predicted octanol–water partition coefficient (Wildman–Crippen LogP) is 2.85. The maximum Gasteiger partial charge on any atom is 0.126 e. The molecule has 0 aromatic heterocycles. The Labute approximate surface area is 106 Å². The molecule has 0 spiro atoms. The van der Waals surface area contributed by atoms with Gasteiger partial charge in [0.05, 0.1) is 21.4 Å². The van der Waals surface area contributed by atoms with Gasteiger partial charge in [0.25, 0.3) is 0 Å². The molecule has 0 aliphatic carbocycles. The lowest BCUT2D eigenvalue weighted by molar-refractivity contribution is 0.581. The summed E-state index contributed by atoms with van der Waals surface area (Å²) in [5.41, 5.74) is 6.45. The third-order valence-corrected chi connectivity index (χ3v) is 3.84. The first-order valence-corrected chi connectivity index (χ1v) is 6.56. The quantitative estimate of drug-likeness (QED) is 0.869. The Morgan fingerprint density at radius 1 is 1.06 bits per heavy atom. The van der Waals surface area contributed by atoms with E-state index >= 15 is 0 Å². The van der Waals surface area contributed by atoms with Crippen LogP contribution in [0, 0.1) is 11.6 Å². The van der Waals surface area contributed by atoms with Crippen molar-refractivity contribution in [3.63, 3.8) is 0 Å². The summed E-state index contributed by atoms with van der Waals surface area (Å²) in [4.78, 5) is 0.474. The highest BCUT2D eigenvalue weighted by Gasteiger charge is 2.10. The number of anilines is 1. The van der Waals surface area contributed by atoms with Crippen LogP contribution in [-0.4, -0.2) is 4.21 Å².